The summed E-state index contributed by atoms with van der Waals surface area (Å²) in [5, 5.41) is 11.9. The van der Waals surface area contributed by atoms with Crippen LogP contribution in [0.25, 0.3) is 11.1 Å². The first-order valence-corrected chi connectivity index (χ1v) is 12.5. The number of hydrogen-bond acceptors (Lipinski definition) is 4. The van der Waals surface area contributed by atoms with Gasteiger partial charge in [0.25, 0.3) is 0 Å². The third kappa shape index (κ3) is 5.50. The van der Waals surface area contributed by atoms with Crippen LogP contribution in [0.5, 0.6) is 0 Å². The van der Waals surface area contributed by atoms with Gasteiger partial charge in [-0.2, -0.15) is 0 Å². The van der Waals surface area contributed by atoms with Crippen molar-refractivity contribution >= 4 is 18.0 Å². The fourth-order valence-electron chi connectivity index (χ4n) is 5.52. The molecule has 2 amide bonds. The molecule has 0 radical (unpaired) electrons. The molecule has 4 rings (SSSR count). The van der Waals surface area contributed by atoms with Crippen molar-refractivity contribution in [2.75, 3.05) is 19.7 Å². The van der Waals surface area contributed by atoms with Crippen molar-refractivity contribution in [1.82, 2.24) is 10.2 Å². The average molecular weight is 479 g/mol. The lowest BCUT2D eigenvalue weighted by Gasteiger charge is -2.31. The Kier molecular flexibility index (Phi) is 7.73. The van der Waals surface area contributed by atoms with E-state index in [1.807, 2.05) is 38.1 Å². The third-order valence-electron chi connectivity index (χ3n) is 7.30. The van der Waals surface area contributed by atoms with Crippen LogP contribution in [0.15, 0.2) is 48.5 Å². The van der Waals surface area contributed by atoms with E-state index in [1.54, 1.807) is 4.90 Å². The highest BCUT2D eigenvalue weighted by molar-refractivity contribution is 5.81. The molecule has 0 unspecified atom stereocenters. The molecule has 0 aliphatic heterocycles. The summed E-state index contributed by atoms with van der Waals surface area (Å²) in [5.41, 5.74) is 4.69. The van der Waals surface area contributed by atoms with Gasteiger partial charge in [0.2, 0.25) is 5.91 Å². The van der Waals surface area contributed by atoms with Gasteiger partial charge in [0.05, 0.1) is 6.42 Å². The number of hydrogen-bond donors (Lipinski definition) is 2. The van der Waals surface area contributed by atoms with Gasteiger partial charge in [0, 0.05) is 31.0 Å². The zero-order valence-corrected chi connectivity index (χ0v) is 20.4. The first-order valence-electron chi connectivity index (χ1n) is 12.5. The van der Waals surface area contributed by atoms with Gasteiger partial charge < -0.3 is 20.1 Å². The highest BCUT2D eigenvalue weighted by atomic mass is 16.5. The van der Waals surface area contributed by atoms with E-state index >= 15 is 0 Å². The maximum Gasteiger partial charge on any atom is 0.407 e. The van der Waals surface area contributed by atoms with E-state index in [0.717, 1.165) is 30.4 Å². The van der Waals surface area contributed by atoms with Crippen molar-refractivity contribution in [3.05, 3.63) is 59.7 Å². The predicted molar refractivity (Wildman–Crippen MR) is 133 cm³/mol. The lowest BCUT2D eigenvalue weighted by Crippen LogP contribution is -2.44. The Morgan fingerprint density at radius 1 is 1.03 bits per heavy atom. The molecule has 0 bridgehead atoms. The molecule has 2 aliphatic rings. The summed E-state index contributed by atoms with van der Waals surface area (Å²) in [6.07, 6.45) is 1.98. The number of fused-ring (bicyclic) bond motifs is 3. The van der Waals surface area contributed by atoms with E-state index in [-0.39, 0.29) is 49.3 Å². The van der Waals surface area contributed by atoms with Gasteiger partial charge in [0.15, 0.2) is 0 Å². The molecule has 2 aromatic rings. The van der Waals surface area contributed by atoms with Crippen molar-refractivity contribution in [2.45, 2.75) is 51.5 Å². The van der Waals surface area contributed by atoms with Gasteiger partial charge in [-0.05, 0) is 54.9 Å². The molecular formula is C28H34N2O5. The summed E-state index contributed by atoms with van der Waals surface area (Å²) in [5.74, 6) is -1.11. The molecule has 0 saturated heterocycles. The van der Waals surface area contributed by atoms with Gasteiger partial charge in [-0.15, -0.1) is 0 Å². The van der Waals surface area contributed by atoms with Gasteiger partial charge in [0.1, 0.15) is 6.61 Å². The number of benzene rings is 2. The summed E-state index contributed by atoms with van der Waals surface area (Å²) < 4.78 is 5.64. The molecule has 7 heteroatoms. The summed E-state index contributed by atoms with van der Waals surface area (Å²) in [4.78, 5) is 38.4. The van der Waals surface area contributed by atoms with Crippen molar-refractivity contribution < 1.29 is 24.2 Å². The lowest BCUT2D eigenvalue weighted by atomic mass is 9.94. The summed E-state index contributed by atoms with van der Waals surface area (Å²) in [6, 6.07) is 16.3. The minimum absolute atomic E-state index is 0.00259. The maximum atomic E-state index is 13.2. The second kappa shape index (κ2) is 10.9. The minimum atomic E-state index is -0.914. The zero-order valence-electron chi connectivity index (χ0n) is 20.4. The van der Waals surface area contributed by atoms with Crippen LogP contribution in [-0.4, -0.2) is 53.7 Å². The molecule has 2 aliphatic carbocycles. The number of aliphatic carboxylic acids is 1. The van der Waals surface area contributed by atoms with Crippen LogP contribution in [-0.2, 0) is 14.3 Å². The molecule has 0 spiro atoms. The first kappa shape index (κ1) is 24.8. The Morgan fingerprint density at radius 3 is 2.26 bits per heavy atom. The molecule has 7 nitrogen and oxygen atoms in total. The molecule has 35 heavy (non-hydrogen) atoms. The maximum absolute atomic E-state index is 13.2. The number of rotatable bonds is 9. The van der Waals surface area contributed by atoms with Crippen molar-refractivity contribution in [1.29, 1.82) is 0 Å². The normalized spacial score (nSPS) is 18.7. The fourth-order valence-corrected chi connectivity index (χ4v) is 5.52. The molecule has 0 heterocycles. The van der Waals surface area contributed by atoms with Gasteiger partial charge in [-0.25, -0.2) is 4.79 Å². The number of nitrogens with one attached hydrogen (secondary N) is 1. The van der Waals surface area contributed by atoms with Crippen LogP contribution >= 0.6 is 0 Å². The van der Waals surface area contributed by atoms with Gasteiger partial charge in [-0.3, -0.25) is 9.59 Å². The third-order valence-corrected chi connectivity index (χ3v) is 7.30. The summed E-state index contributed by atoms with van der Waals surface area (Å²) in [6.45, 7) is 4.63. The predicted octanol–water partition coefficient (Wildman–Crippen LogP) is 4.65. The molecule has 2 N–H and O–H groups in total. The van der Waals surface area contributed by atoms with E-state index in [0.29, 0.717) is 6.54 Å². The lowest BCUT2D eigenvalue weighted by molar-refractivity contribution is -0.141. The number of ether oxygens (including phenoxy) is 1. The molecule has 2 aromatic carbocycles. The second-order valence-corrected chi connectivity index (χ2v) is 9.77. The minimum Gasteiger partial charge on any atom is -0.481 e. The van der Waals surface area contributed by atoms with Crippen LogP contribution in [0.3, 0.4) is 0 Å². The Balaban J connectivity index is 1.32. The second-order valence-electron chi connectivity index (χ2n) is 9.77. The molecule has 186 valence electrons. The Bertz CT molecular complexity index is 1040. The average Bonchev–Trinajstić information content (AvgIpc) is 3.44. The van der Waals surface area contributed by atoms with Gasteiger partial charge in [-0.1, -0.05) is 55.0 Å². The first-order chi connectivity index (χ1) is 16.9. The molecule has 1 saturated carbocycles. The van der Waals surface area contributed by atoms with E-state index < -0.39 is 12.1 Å². The van der Waals surface area contributed by atoms with Crippen LogP contribution < -0.4 is 5.32 Å². The number of amides is 2. The van der Waals surface area contributed by atoms with Crippen LogP contribution in [0.1, 0.15) is 56.6 Å². The molecular weight excluding hydrogens is 444 g/mol. The Hall–Kier alpha value is -3.35. The van der Waals surface area contributed by atoms with E-state index in [4.69, 9.17) is 9.84 Å². The van der Waals surface area contributed by atoms with E-state index in [2.05, 4.69) is 29.6 Å². The van der Waals surface area contributed by atoms with Crippen LogP contribution in [0, 0.1) is 11.8 Å². The highest BCUT2D eigenvalue weighted by Gasteiger charge is 2.36. The van der Waals surface area contributed by atoms with Gasteiger partial charge >= 0.3 is 12.1 Å². The van der Waals surface area contributed by atoms with Crippen molar-refractivity contribution in [3.63, 3.8) is 0 Å². The molecule has 2 atom stereocenters. The fraction of sp³-hybridized carbons (Fsp3) is 0.464. The van der Waals surface area contributed by atoms with Crippen LogP contribution in [0.4, 0.5) is 4.79 Å². The smallest absolute Gasteiger partial charge is 0.407 e. The topological polar surface area (TPSA) is 95.9 Å². The summed E-state index contributed by atoms with van der Waals surface area (Å²) >= 11 is 0. The number of carboxylic acid groups (broad SMARTS) is 1. The SMILES string of the molecule is CC(C)N(CCC(=O)O)C(=O)[C@@H]1CCC[C@@H]1CNC(=O)OCC1c2ccccc2-c2ccccc21. The van der Waals surface area contributed by atoms with Crippen LogP contribution in [0.2, 0.25) is 0 Å². The quantitative estimate of drug-likeness (QED) is 0.547. The van der Waals surface area contributed by atoms with Crippen molar-refractivity contribution in [3.8, 4) is 11.1 Å². The Labute approximate surface area is 206 Å². The van der Waals surface area contributed by atoms with E-state index in [1.165, 1.54) is 11.1 Å². The standard InChI is InChI=1S/C28H34N2O5/c1-18(2)30(15-14-26(31)32)27(33)20-13-7-8-19(20)16-29-28(34)35-17-25-23-11-5-3-9-21(23)22-10-4-6-12-24(22)25/h3-6,9-12,18-20,25H,7-8,13-17H2,1-2H3,(H,29,34)(H,31,32)/t19-,20-/m1/s1. The summed E-state index contributed by atoms with van der Waals surface area (Å²) in [7, 11) is 0. The molecule has 1 fully saturated rings. The number of nitrogens with zero attached hydrogens (tertiary/aromatic N) is 1. The highest BCUT2D eigenvalue weighted by Crippen LogP contribution is 2.44. The monoisotopic (exact) mass is 478 g/mol. The van der Waals surface area contributed by atoms with Crippen molar-refractivity contribution in [2.24, 2.45) is 11.8 Å². The van der Waals surface area contributed by atoms with E-state index in [9.17, 15) is 14.4 Å². The Morgan fingerprint density at radius 2 is 1.66 bits per heavy atom. The number of carbonyl (C=O) groups excluding carboxylic acids is 2. The largest absolute Gasteiger partial charge is 0.481 e. The number of carbonyl (C=O) groups is 3. The zero-order chi connectivity index (χ0) is 24.9. The molecule has 0 aromatic heterocycles. The number of alkyl carbamates (subject to hydrolysis) is 1. The number of carboxylic acids is 1.